The van der Waals surface area contributed by atoms with Gasteiger partial charge < -0.3 is 15.4 Å². The van der Waals surface area contributed by atoms with Crippen molar-refractivity contribution in [1.82, 2.24) is 10.6 Å². The number of esters is 1. The van der Waals surface area contributed by atoms with E-state index in [1.54, 1.807) is 6.92 Å². The zero-order chi connectivity index (χ0) is 13.3. The Morgan fingerprint density at radius 2 is 1.88 bits per heavy atom. The minimum Gasteiger partial charge on any atom is -0.465 e. The quantitative estimate of drug-likeness (QED) is 0.621. The summed E-state index contributed by atoms with van der Waals surface area (Å²) in [6.07, 6.45) is 1.03. The van der Waals surface area contributed by atoms with Crippen LogP contribution in [0.4, 0.5) is 0 Å². The molecule has 0 aromatic carbocycles. The monoisotopic (exact) mass is 244 g/mol. The van der Waals surface area contributed by atoms with Crippen LogP contribution < -0.4 is 10.6 Å². The molecule has 2 N–H and O–H groups in total. The second-order valence-corrected chi connectivity index (χ2v) is 4.14. The molecule has 100 valence electrons. The minimum absolute atomic E-state index is 0.00814. The lowest BCUT2D eigenvalue weighted by atomic mass is 10.2. The van der Waals surface area contributed by atoms with Crippen LogP contribution >= 0.6 is 0 Å². The van der Waals surface area contributed by atoms with Crippen molar-refractivity contribution < 1.29 is 14.3 Å². The molecule has 0 aromatic rings. The zero-order valence-electron chi connectivity index (χ0n) is 11.2. The number of carbonyl (C=O) groups is 2. The van der Waals surface area contributed by atoms with Gasteiger partial charge in [0, 0.05) is 19.0 Å². The van der Waals surface area contributed by atoms with Crippen LogP contribution in [0.2, 0.25) is 0 Å². The van der Waals surface area contributed by atoms with Gasteiger partial charge in [0.25, 0.3) is 0 Å². The van der Waals surface area contributed by atoms with Crippen LogP contribution in [0.5, 0.6) is 0 Å². The maximum Gasteiger partial charge on any atom is 0.323 e. The summed E-state index contributed by atoms with van der Waals surface area (Å²) in [6, 6.07) is -0.170. The van der Waals surface area contributed by atoms with E-state index in [1.165, 1.54) is 0 Å². The Morgan fingerprint density at radius 1 is 1.24 bits per heavy atom. The van der Waals surface area contributed by atoms with Crippen LogP contribution in [0.1, 0.15) is 40.5 Å². The number of carbonyl (C=O) groups excluding carboxylic acids is 2. The van der Waals surface area contributed by atoms with Gasteiger partial charge in [0.2, 0.25) is 5.91 Å². The van der Waals surface area contributed by atoms with E-state index in [0.717, 1.165) is 0 Å². The van der Waals surface area contributed by atoms with Gasteiger partial charge in [0.05, 0.1) is 6.61 Å². The van der Waals surface area contributed by atoms with Crippen molar-refractivity contribution >= 4 is 11.9 Å². The van der Waals surface area contributed by atoms with Crippen molar-refractivity contribution in [3.8, 4) is 0 Å². The molecule has 0 aliphatic carbocycles. The van der Waals surface area contributed by atoms with E-state index in [0.29, 0.717) is 26.0 Å². The summed E-state index contributed by atoms with van der Waals surface area (Å²) in [7, 11) is 0. The summed E-state index contributed by atoms with van der Waals surface area (Å²) in [4.78, 5) is 22.8. The Kier molecular flexibility index (Phi) is 8.40. The Morgan fingerprint density at radius 3 is 2.35 bits per heavy atom. The fraction of sp³-hybridized carbons (Fsp3) is 0.833. The maximum atomic E-state index is 11.4. The van der Waals surface area contributed by atoms with Gasteiger partial charge in [-0.25, -0.2) is 0 Å². The van der Waals surface area contributed by atoms with E-state index >= 15 is 0 Å². The van der Waals surface area contributed by atoms with E-state index in [9.17, 15) is 9.59 Å². The second-order valence-electron chi connectivity index (χ2n) is 4.14. The molecule has 0 saturated carbocycles. The maximum absolute atomic E-state index is 11.4. The number of hydrogen-bond acceptors (Lipinski definition) is 4. The van der Waals surface area contributed by atoms with Gasteiger partial charge in [-0.15, -0.1) is 0 Å². The molecule has 0 spiro atoms. The van der Waals surface area contributed by atoms with Gasteiger partial charge in [-0.1, -0.05) is 6.92 Å². The third kappa shape index (κ3) is 7.74. The van der Waals surface area contributed by atoms with E-state index < -0.39 is 0 Å². The number of hydrogen-bond donors (Lipinski definition) is 2. The fourth-order valence-corrected chi connectivity index (χ4v) is 1.39. The van der Waals surface area contributed by atoms with Crippen LogP contribution in [-0.4, -0.2) is 37.1 Å². The molecule has 5 nitrogen and oxygen atoms in total. The topological polar surface area (TPSA) is 67.4 Å². The smallest absolute Gasteiger partial charge is 0.323 e. The molecule has 0 rings (SSSR count). The predicted molar refractivity (Wildman–Crippen MR) is 66.6 cm³/mol. The first-order valence-electron chi connectivity index (χ1n) is 6.20. The average Bonchev–Trinajstić information content (AvgIpc) is 2.23. The minimum atomic E-state index is -0.318. The average molecular weight is 244 g/mol. The first-order valence-corrected chi connectivity index (χ1v) is 6.20. The lowest BCUT2D eigenvalue weighted by Gasteiger charge is -2.15. The summed E-state index contributed by atoms with van der Waals surface area (Å²) < 4.78 is 4.92. The van der Waals surface area contributed by atoms with Crippen LogP contribution in [-0.2, 0) is 14.3 Å². The van der Waals surface area contributed by atoms with Crippen LogP contribution in [0.25, 0.3) is 0 Å². The summed E-state index contributed by atoms with van der Waals surface area (Å²) in [5.41, 5.74) is 0. The number of ether oxygens (including phenoxy) is 1. The summed E-state index contributed by atoms with van der Waals surface area (Å²) in [5.74, 6) is -0.259. The van der Waals surface area contributed by atoms with Gasteiger partial charge in [-0.3, -0.25) is 9.59 Å². The third-order valence-electron chi connectivity index (χ3n) is 2.17. The standard InChI is InChI=1S/C12H24N2O3/c1-5-10(12(16)17-6-2)13-8-7-11(15)14-9(3)4/h9-10,13H,5-8H2,1-4H3,(H,14,15). The lowest BCUT2D eigenvalue weighted by Crippen LogP contribution is -2.40. The van der Waals surface area contributed by atoms with E-state index in [1.807, 2.05) is 20.8 Å². The van der Waals surface area contributed by atoms with Crippen molar-refractivity contribution in [1.29, 1.82) is 0 Å². The van der Waals surface area contributed by atoms with Gasteiger partial charge in [0.1, 0.15) is 6.04 Å². The van der Waals surface area contributed by atoms with Crippen molar-refractivity contribution in [2.24, 2.45) is 0 Å². The van der Waals surface area contributed by atoms with Crippen LogP contribution in [0.15, 0.2) is 0 Å². The summed E-state index contributed by atoms with van der Waals surface area (Å²) in [5, 5.41) is 5.82. The molecule has 0 heterocycles. The van der Waals surface area contributed by atoms with E-state index in [-0.39, 0.29) is 24.0 Å². The third-order valence-corrected chi connectivity index (χ3v) is 2.17. The second kappa shape index (κ2) is 8.98. The van der Waals surface area contributed by atoms with Crippen molar-refractivity contribution in [3.63, 3.8) is 0 Å². The summed E-state index contributed by atoms with van der Waals surface area (Å²) in [6.45, 7) is 8.38. The molecule has 0 saturated heterocycles. The molecule has 0 aromatic heterocycles. The first-order chi connectivity index (χ1) is 8.01. The van der Waals surface area contributed by atoms with Gasteiger partial charge in [-0.2, -0.15) is 0 Å². The highest BCUT2D eigenvalue weighted by Gasteiger charge is 2.16. The molecule has 1 amide bonds. The van der Waals surface area contributed by atoms with Crippen LogP contribution in [0.3, 0.4) is 0 Å². The zero-order valence-corrected chi connectivity index (χ0v) is 11.2. The summed E-state index contributed by atoms with van der Waals surface area (Å²) >= 11 is 0. The van der Waals surface area contributed by atoms with Gasteiger partial charge >= 0.3 is 5.97 Å². The molecule has 0 aliphatic heterocycles. The molecular formula is C12H24N2O3. The molecular weight excluding hydrogens is 220 g/mol. The van der Waals surface area contributed by atoms with E-state index in [2.05, 4.69) is 10.6 Å². The molecule has 0 aliphatic rings. The molecule has 0 radical (unpaired) electrons. The van der Waals surface area contributed by atoms with Gasteiger partial charge in [0.15, 0.2) is 0 Å². The Bertz CT molecular complexity index is 242. The Labute approximate surface area is 103 Å². The molecule has 1 unspecified atom stereocenters. The SMILES string of the molecule is CCOC(=O)C(CC)NCCC(=O)NC(C)C. The number of amides is 1. The Hall–Kier alpha value is -1.10. The molecule has 0 fully saturated rings. The number of nitrogens with one attached hydrogen (secondary N) is 2. The normalized spacial score (nSPS) is 12.3. The van der Waals surface area contributed by atoms with Gasteiger partial charge in [-0.05, 0) is 27.2 Å². The highest BCUT2D eigenvalue weighted by Crippen LogP contribution is 1.95. The predicted octanol–water partition coefficient (Wildman–Crippen LogP) is 0.832. The highest BCUT2D eigenvalue weighted by atomic mass is 16.5. The van der Waals surface area contributed by atoms with E-state index in [4.69, 9.17) is 4.74 Å². The fourth-order valence-electron chi connectivity index (χ4n) is 1.39. The first kappa shape index (κ1) is 15.9. The number of rotatable bonds is 8. The molecule has 17 heavy (non-hydrogen) atoms. The van der Waals surface area contributed by atoms with Crippen LogP contribution in [0, 0.1) is 0 Å². The van der Waals surface area contributed by atoms with Crippen molar-refractivity contribution in [3.05, 3.63) is 0 Å². The lowest BCUT2D eigenvalue weighted by molar-refractivity contribution is -0.145. The largest absolute Gasteiger partial charge is 0.465 e. The highest BCUT2D eigenvalue weighted by molar-refractivity contribution is 5.77. The van der Waals surface area contributed by atoms with Crippen molar-refractivity contribution in [2.45, 2.75) is 52.6 Å². The molecule has 1 atom stereocenters. The Balaban J connectivity index is 3.84. The van der Waals surface area contributed by atoms with Crippen molar-refractivity contribution in [2.75, 3.05) is 13.2 Å². The molecule has 0 bridgehead atoms. The molecule has 5 heteroatoms.